The van der Waals surface area contributed by atoms with Gasteiger partial charge in [0, 0.05) is 13.0 Å². The topological polar surface area (TPSA) is 32.3 Å². The van der Waals surface area contributed by atoms with E-state index >= 15 is 0 Å². The van der Waals surface area contributed by atoms with Crippen molar-refractivity contribution in [3.63, 3.8) is 0 Å². The van der Waals surface area contributed by atoms with Crippen LogP contribution in [0.15, 0.2) is 18.2 Å². The number of aryl methyl sites for hydroxylation is 2. The zero-order valence-electron chi connectivity index (χ0n) is 13.1. The van der Waals surface area contributed by atoms with Crippen LogP contribution < -0.4 is 5.32 Å². The summed E-state index contributed by atoms with van der Waals surface area (Å²) in [7, 11) is 1.94. The number of carbonyl (C=O) groups is 1. The lowest BCUT2D eigenvalue weighted by atomic mass is 9.94. The Balaban J connectivity index is 2.12. The van der Waals surface area contributed by atoms with Crippen molar-refractivity contribution in [2.24, 2.45) is 5.92 Å². The number of nitrogens with zero attached hydrogens (tertiary/aromatic N) is 1. The van der Waals surface area contributed by atoms with Gasteiger partial charge in [0.05, 0.1) is 6.04 Å². The number of piperidine rings is 1. The van der Waals surface area contributed by atoms with E-state index in [-0.39, 0.29) is 12.0 Å². The summed E-state index contributed by atoms with van der Waals surface area (Å²) < 4.78 is 0. The number of rotatable bonds is 3. The van der Waals surface area contributed by atoms with Crippen molar-refractivity contribution in [3.8, 4) is 0 Å². The molecule has 0 radical (unpaired) electrons. The van der Waals surface area contributed by atoms with Crippen molar-refractivity contribution in [3.05, 3.63) is 34.9 Å². The Morgan fingerprint density at radius 2 is 1.95 bits per heavy atom. The van der Waals surface area contributed by atoms with Crippen LogP contribution >= 0.6 is 0 Å². The number of carbonyl (C=O) groups excluding carboxylic acids is 1. The van der Waals surface area contributed by atoms with E-state index in [2.05, 4.69) is 44.3 Å². The molecular weight excluding hydrogens is 248 g/mol. The third kappa shape index (κ3) is 3.21. The van der Waals surface area contributed by atoms with Crippen LogP contribution in [0.5, 0.6) is 0 Å². The second kappa shape index (κ2) is 6.40. The molecule has 0 bridgehead atoms. The first-order valence-corrected chi connectivity index (χ1v) is 7.55. The molecule has 1 saturated heterocycles. The van der Waals surface area contributed by atoms with Crippen LogP contribution in [0.3, 0.4) is 0 Å². The molecule has 110 valence electrons. The monoisotopic (exact) mass is 274 g/mol. The van der Waals surface area contributed by atoms with E-state index in [1.165, 1.54) is 16.7 Å². The van der Waals surface area contributed by atoms with Gasteiger partial charge in [0.2, 0.25) is 5.91 Å². The Labute approximate surface area is 122 Å². The highest BCUT2D eigenvalue weighted by Crippen LogP contribution is 2.26. The molecule has 3 nitrogen and oxygen atoms in total. The van der Waals surface area contributed by atoms with Crippen molar-refractivity contribution in [2.45, 2.75) is 39.7 Å². The van der Waals surface area contributed by atoms with Crippen molar-refractivity contribution in [1.82, 2.24) is 10.2 Å². The van der Waals surface area contributed by atoms with Crippen molar-refractivity contribution in [1.29, 1.82) is 0 Å². The highest BCUT2D eigenvalue weighted by Gasteiger charge is 2.27. The van der Waals surface area contributed by atoms with Crippen LogP contribution in [-0.4, -0.2) is 30.9 Å². The summed E-state index contributed by atoms with van der Waals surface area (Å²) in [5.74, 6) is 0.480. The normalized spacial score (nSPS) is 17.8. The van der Waals surface area contributed by atoms with Gasteiger partial charge in [-0.25, -0.2) is 0 Å². The highest BCUT2D eigenvalue weighted by molar-refractivity contribution is 5.79. The lowest BCUT2D eigenvalue weighted by Gasteiger charge is -2.32. The lowest BCUT2D eigenvalue weighted by Crippen LogP contribution is -2.40. The number of benzene rings is 1. The fraction of sp³-hybridized carbons (Fsp3) is 0.588. The summed E-state index contributed by atoms with van der Waals surface area (Å²) >= 11 is 0. The minimum Gasteiger partial charge on any atom is -0.339 e. The molecule has 20 heavy (non-hydrogen) atoms. The summed E-state index contributed by atoms with van der Waals surface area (Å²) in [6.07, 6.45) is 1.92. The van der Waals surface area contributed by atoms with Gasteiger partial charge in [-0.3, -0.25) is 4.79 Å². The number of hydrogen-bond donors (Lipinski definition) is 1. The molecule has 1 aromatic rings. The van der Waals surface area contributed by atoms with Gasteiger partial charge in [-0.1, -0.05) is 23.8 Å². The summed E-state index contributed by atoms with van der Waals surface area (Å²) in [6.45, 7) is 8.27. The van der Waals surface area contributed by atoms with Crippen LogP contribution in [0.25, 0.3) is 0 Å². The predicted molar refractivity (Wildman–Crippen MR) is 82.7 cm³/mol. The molecule has 1 aliphatic heterocycles. The second-order valence-electron chi connectivity index (χ2n) is 6.01. The molecule has 1 atom stereocenters. The SMILES string of the molecule is Cc1ccc(C)c(C(C)N(C)C(=O)C2CCNCC2)c1. The van der Waals surface area contributed by atoms with Crippen LogP contribution in [0.1, 0.15) is 42.5 Å². The van der Waals surface area contributed by atoms with Crippen LogP contribution in [0, 0.1) is 19.8 Å². The maximum atomic E-state index is 12.6. The zero-order valence-corrected chi connectivity index (χ0v) is 13.1. The zero-order chi connectivity index (χ0) is 14.7. The molecule has 1 heterocycles. The van der Waals surface area contributed by atoms with Crippen molar-refractivity contribution >= 4 is 5.91 Å². The van der Waals surface area contributed by atoms with E-state index in [9.17, 15) is 4.79 Å². The van der Waals surface area contributed by atoms with E-state index < -0.39 is 0 Å². The van der Waals surface area contributed by atoms with Gasteiger partial charge in [-0.05, 0) is 57.8 Å². The lowest BCUT2D eigenvalue weighted by molar-refractivity contribution is -0.137. The first-order valence-electron chi connectivity index (χ1n) is 7.55. The van der Waals surface area contributed by atoms with Gasteiger partial charge in [-0.15, -0.1) is 0 Å². The fourth-order valence-corrected chi connectivity index (χ4v) is 2.97. The molecule has 1 aromatic carbocycles. The average molecular weight is 274 g/mol. The molecule has 2 rings (SSSR count). The maximum Gasteiger partial charge on any atom is 0.226 e. The first kappa shape index (κ1) is 15.0. The third-order valence-corrected chi connectivity index (χ3v) is 4.50. The third-order valence-electron chi connectivity index (χ3n) is 4.50. The predicted octanol–water partition coefficient (Wildman–Crippen LogP) is 2.82. The molecule has 3 heteroatoms. The molecule has 0 saturated carbocycles. The highest BCUT2D eigenvalue weighted by atomic mass is 16.2. The molecule has 0 aliphatic carbocycles. The Morgan fingerprint density at radius 3 is 2.60 bits per heavy atom. The Hall–Kier alpha value is -1.35. The molecule has 0 spiro atoms. The quantitative estimate of drug-likeness (QED) is 0.919. The van der Waals surface area contributed by atoms with Gasteiger partial charge in [-0.2, -0.15) is 0 Å². The Kier molecular flexibility index (Phi) is 4.81. The minimum atomic E-state index is 0.136. The van der Waals surface area contributed by atoms with Gasteiger partial charge in [0.15, 0.2) is 0 Å². The fourth-order valence-electron chi connectivity index (χ4n) is 2.97. The molecular formula is C17H26N2O. The standard InChI is InChI=1S/C17H26N2O/c1-12-5-6-13(2)16(11-12)14(3)19(4)17(20)15-7-9-18-10-8-15/h5-6,11,14-15,18H,7-10H2,1-4H3. The summed E-state index contributed by atoms with van der Waals surface area (Å²) in [5, 5.41) is 3.32. The smallest absolute Gasteiger partial charge is 0.226 e. The number of nitrogens with one attached hydrogen (secondary N) is 1. The summed E-state index contributed by atoms with van der Waals surface area (Å²) in [4.78, 5) is 14.5. The van der Waals surface area contributed by atoms with E-state index in [4.69, 9.17) is 0 Å². The average Bonchev–Trinajstić information content (AvgIpc) is 2.48. The summed E-state index contributed by atoms with van der Waals surface area (Å²) in [6, 6.07) is 6.61. The first-order chi connectivity index (χ1) is 9.50. The van der Waals surface area contributed by atoms with Crippen LogP contribution in [-0.2, 0) is 4.79 Å². The molecule has 1 aliphatic rings. The number of amides is 1. The maximum absolute atomic E-state index is 12.6. The molecule has 0 aromatic heterocycles. The largest absolute Gasteiger partial charge is 0.339 e. The van der Waals surface area contributed by atoms with E-state index in [0.717, 1.165) is 25.9 Å². The van der Waals surface area contributed by atoms with Gasteiger partial charge in [0.1, 0.15) is 0 Å². The van der Waals surface area contributed by atoms with Crippen molar-refractivity contribution in [2.75, 3.05) is 20.1 Å². The van der Waals surface area contributed by atoms with Gasteiger partial charge in [0.25, 0.3) is 0 Å². The summed E-state index contributed by atoms with van der Waals surface area (Å²) in [5.41, 5.74) is 3.77. The second-order valence-corrected chi connectivity index (χ2v) is 6.01. The molecule has 1 fully saturated rings. The molecule has 1 amide bonds. The van der Waals surface area contributed by atoms with E-state index in [1.54, 1.807) is 0 Å². The van der Waals surface area contributed by atoms with Gasteiger partial charge < -0.3 is 10.2 Å². The Morgan fingerprint density at radius 1 is 1.30 bits per heavy atom. The molecule has 1 N–H and O–H groups in total. The van der Waals surface area contributed by atoms with Gasteiger partial charge >= 0.3 is 0 Å². The molecule has 1 unspecified atom stereocenters. The Bertz CT molecular complexity index is 478. The van der Waals surface area contributed by atoms with Crippen LogP contribution in [0.2, 0.25) is 0 Å². The number of hydrogen-bond acceptors (Lipinski definition) is 2. The minimum absolute atomic E-state index is 0.136. The van der Waals surface area contributed by atoms with E-state index in [0.29, 0.717) is 5.91 Å². The van der Waals surface area contributed by atoms with Crippen molar-refractivity contribution < 1.29 is 4.79 Å². The van der Waals surface area contributed by atoms with E-state index in [1.807, 2.05) is 11.9 Å². The van der Waals surface area contributed by atoms with Crippen LogP contribution in [0.4, 0.5) is 0 Å².